The number of halogens is 3. The number of carbonyl (C=O) groups is 2. The van der Waals surface area contributed by atoms with Crippen molar-refractivity contribution in [1.82, 2.24) is 9.88 Å². The number of nitrogens with zero attached hydrogens (tertiary/aromatic N) is 2. The molecule has 5 nitrogen and oxygen atoms in total. The smallest absolute Gasteiger partial charge is 0.246 e. The molecule has 2 amide bonds. The van der Waals surface area contributed by atoms with Gasteiger partial charge in [0.05, 0.1) is 10.9 Å². The summed E-state index contributed by atoms with van der Waals surface area (Å²) in [6, 6.07) is 7.80. The number of carbonyl (C=O) groups excluding carboxylic acids is 2. The van der Waals surface area contributed by atoms with E-state index in [0.29, 0.717) is 35.9 Å². The summed E-state index contributed by atoms with van der Waals surface area (Å²) in [6.45, 7) is 0.872. The van der Waals surface area contributed by atoms with Crippen LogP contribution >= 0.6 is 27.5 Å². The largest absolute Gasteiger partial charge is 0.338 e. The Labute approximate surface area is 175 Å². The summed E-state index contributed by atoms with van der Waals surface area (Å²) in [5.74, 6) is -0.747. The third kappa shape index (κ3) is 5.39. The van der Waals surface area contributed by atoms with Gasteiger partial charge in [0.1, 0.15) is 11.6 Å². The molecule has 146 valence electrons. The highest BCUT2D eigenvalue weighted by Crippen LogP contribution is 2.20. The van der Waals surface area contributed by atoms with E-state index in [2.05, 4.69) is 26.2 Å². The van der Waals surface area contributed by atoms with Crippen LogP contribution in [0.4, 0.5) is 10.2 Å². The summed E-state index contributed by atoms with van der Waals surface area (Å²) in [4.78, 5) is 30.6. The molecule has 1 fully saturated rings. The number of piperidine rings is 1. The van der Waals surface area contributed by atoms with E-state index in [1.165, 1.54) is 24.4 Å². The molecule has 2 heterocycles. The van der Waals surface area contributed by atoms with Crippen LogP contribution in [0, 0.1) is 11.7 Å². The molecule has 0 saturated carbocycles. The van der Waals surface area contributed by atoms with Gasteiger partial charge < -0.3 is 10.2 Å². The Morgan fingerprint density at radius 3 is 2.89 bits per heavy atom. The van der Waals surface area contributed by atoms with E-state index >= 15 is 0 Å². The van der Waals surface area contributed by atoms with Crippen LogP contribution < -0.4 is 5.32 Å². The topological polar surface area (TPSA) is 62.3 Å². The highest BCUT2D eigenvalue weighted by atomic mass is 79.9. The van der Waals surface area contributed by atoms with E-state index in [9.17, 15) is 14.0 Å². The molecule has 0 spiro atoms. The maximum Gasteiger partial charge on any atom is 0.246 e. The molecular formula is C20H18BrClFN3O2. The maximum atomic E-state index is 13.8. The van der Waals surface area contributed by atoms with Gasteiger partial charge >= 0.3 is 0 Å². The van der Waals surface area contributed by atoms with Gasteiger partial charge in [-0.15, -0.1) is 0 Å². The minimum atomic E-state index is -0.404. The van der Waals surface area contributed by atoms with E-state index in [1.807, 2.05) is 0 Å². The lowest BCUT2D eigenvalue weighted by Crippen LogP contribution is -2.43. The van der Waals surface area contributed by atoms with Crippen LogP contribution in [0.1, 0.15) is 18.4 Å². The lowest BCUT2D eigenvalue weighted by atomic mass is 9.97. The van der Waals surface area contributed by atoms with Crippen LogP contribution in [0.2, 0.25) is 5.02 Å². The summed E-state index contributed by atoms with van der Waals surface area (Å²) < 4.78 is 14.5. The quantitative estimate of drug-likeness (QED) is 0.674. The molecular weight excluding hydrogens is 449 g/mol. The van der Waals surface area contributed by atoms with E-state index in [-0.39, 0.29) is 17.7 Å². The van der Waals surface area contributed by atoms with Crippen molar-refractivity contribution in [2.24, 2.45) is 5.92 Å². The second-order valence-corrected chi connectivity index (χ2v) is 7.83. The Bertz CT molecular complexity index is 905. The minimum absolute atomic E-state index is 0.186. The highest BCUT2D eigenvalue weighted by molar-refractivity contribution is 9.10. The van der Waals surface area contributed by atoms with Crippen LogP contribution in [0.25, 0.3) is 6.08 Å². The Hall–Kier alpha value is -2.25. The average molecular weight is 467 g/mol. The Balaban J connectivity index is 1.61. The van der Waals surface area contributed by atoms with Gasteiger partial charge in [0.15, 0.2) is 0 Å². The Kier molecular flexibility index (Phi) is 6.80. The van der Waals surface area contributed by atoms with Gasteiger partial charge in [-0.1, -0.05) is 27.5 Å². The van der Waals surface area contributed by atoms with E-state index in [4.69, 9.17) is 11.6 Å². The van der Waals surface area contributed by atoms with Crippen LogP contribution in [-0.4, -0.2) is 34.8 Å². The molecule has 1 aromatic carbocycles. The fourth-order valence-corrected chi connectivity index (χ4v) is 3.47. The molecule has 28 heavy (non-hydrogen) atoms. The summed E-state index contributed by atoms with van der Waals surface area (Å²) in [5, 5.41) is 3.24. The zero-order chi connectivity index (χ0) is 20.1. The predicted octanol–water partition coefficient (Wildman–Crippen LogP) is 4.53. The summed E-state index contributed by atoms with van der Waals surface area (Å²) >= 11 is 9.07. The molecule has 1 aromatic heterocycles. The number of anilines is 1. The number of amides is 2. The first-order valence-electron chi connectivity index (χ1n) is 8.77. The second-order valence-electron chi connectivity index (χ2n) is 6.47. The molecule has 1 N–H and O–H groups in total. The Morgan fingerprint density at radius 1 is 1.32 bits per heavy atom. The maximum absolute atomic E-state index is 13.8. The van der Waals surface area contributed by atoms with Gasteiger partial charge in [0.2, 0.25) is 11.8 Å². The van der Waals surface area contributed by atoms with Gasteiger partial charge in [-0.3, -0.25) is 9.59 Å². The average Bonchev–Trinajstić information content (AvgIpc) is 2.70. The number of pyridine rings is 1. The van der Waals surface area contributed by atoms with Crippen LogP contribution in [0.15, 0.2) is 47.1 Å². The van der Waals surface area contributed by atoms with Crippen LogP contribution in [-0.2, 0) is 9.59 Å². The van der Waals surface area contributed by atoms with Crippen LogP contribution in [0.5, 0.6) is 0 Å². The minimum Gasteiger partial charge on any atom is -0.338 e. The van der Waals surface area contributed by atoms with Crippen molar-refractivity contribution in [3.63, 3.8) is 0 Å². The van der Waals surface area contributed by atoms with Crippen molar-refractivity contribution >= 4 is 51.2 Å². The number of rotatable bonds is 4. The summed E-state index contributed by atoms with van der Waals surface area (Å²) in [6.07, 6.45) is 5.65. The molecule has 8 heteroatoms. The fraction of sp³-hybridized carbons (Fsp3) is 0.250. The zero-order valence-corrected chi connectivity index (χ0v) is 17.2. The molecule has 2 aromatic rings. The van der Waals surface area contributed by atoms with Crippen molar-refractivity contribution in [1.29, 1.82) is 0 Å². The fourth-order valence-electron chi connectivity index (χ4n) is 2.98. The molecule has 3 rings (SSSR count). The summed E-state index contributed by atoms with van der Waals surface area (Å²) in [7, 11) is 0. The monoisotopic (exact) mass is 465 g/mol. The van der Waals surface area contributed by atoms with Gasteiger partial charge in [-0.2, -0.15) is 0 Å². The SMILES string of the molecule is O=C(Nc1ccc(Cl)cn1)C1CCCN(C(=O)/C=C/c2cc(Br)ccc2F)C1. The molecule has 1 aliphatic rings. The number of hydrogen-bond donors (Lipinski definition) is 1. The predicted molar refractivity (Wildman–Crippen MR) is 110 cm³/mol. The normalized spacial score (nSPS) is 17.0. The molecule has 0 aliphatic carbocycles. The first-order valence-corrected chi connectivity index (χ1v) is 9.94. The van der Waals surface area contributed by atoms with Gasteiger partial charge in [0.25, 0.3) is 0 Å². The number of likely N-dealkylation sites (tertiary alicyclic amines) is 1. The zero-order valence-electron chi connectivity index (χ0n) is 14.9. The second kappa shape index (κ2) is 9.30. The standard InChI is InChI=1S/C20H18BrClFN3O2/c21-15-4-6-17(23)13(10-15)3-8-19(27)26-9-1-2-14(12-26)20(28)25-18-7-5-16(22)11-24-18/h3-8,10-11,14H,1-2,9,12H2,(H,24,25,28)/b8-3+. The van der Waals surface area contributed by atoms with Crippen molar-refractivity contribution < 1.29 is 14.0 Å². The first kappa shape index (κ1) is 20.5. The van der Waals surface area contributed by atoms with Crippen LogP contribution in [0.3, 0.4) is 0 Å². The molecule has 1 atom stereocenters. The molecule has 0 bridgehead atoms. The number of benzene rings is 1. The molecule has 1 aliphatic heterocycles. The first-order chi connectivity index (χ1) is 13.4. The lowest BCUT2D eigenvalue weighted by molar-refractivity contribution is -0.130. The van der Waals surface area contributed by atoms with Gasteiger partial charge in [-0.05, 0) is 49.2 Å². The molecule has 0 radical (unpaired) electrons. The lowest BCUT2D eigenvalue weighted by Gasteiger charge is -2.31. The van der Waals surface area contributed by atoms with E-state index in [1.54, 1.807) is 29.2 Å². The van der Waals surface area contributed by atoms with E-state index in [0.717, 1.165) is 10.9 Å². The van der Waals surface area contributed by atoms with Crippen molar-refractivity contribution in [3.05, 3.63) is 63.5 Å². The summed E-state index contributed by atoms with van der Waals surface area (Å²) in [5.41, 5.74) is 0.322. The number of aromatic nitrogens is 1. The Morgan fingerprint density at radius 2 is 2.14 bits per heavy atom. The number of hydrogen-bond acceptors (Lipinski definition) is 3. The van der Waals surface area contributed by atoms with Gasteiger partial charge in [-0.25, -0.2) is 9.37 Å². The number of nitrogens with one attached hydrogen (secondary N) is 1. The highest BCUT2D eigenvalue weighted by Gasteiger charge is 2.27. The third-order valence-electron chi connectivity index (χ3n) is 4.45. The van der Waals surface area contributed by atoms with Crippen molar-refractivity contribution in [2.45, 2.75) is 12.8 Å². The van der Waals surface area contributed by atoms with Crippen molar-refractivity contribution in [3.8, 4) is 0 Å². The van der Waals surface area contributed by atoms with Gasteiger partial charge in [0, 0.05) is 35.4 Å². The van der Waals surface area contributed by atoms with Crippen molar-refractivity contribution in [2.75, 3.05) is 18.4 Å². The molecule has 1 unspecified atom stereocenters. The molecule has 1 saturated heterocycles. The van der Waals surface area contributed by atoms with E-state index < -0.39 is 5.82 Å². The third-order valence-corrected chi connectivity index (χ3v) is 5.16.